The van der Waals surface area contributed by atoms with Crippen LogP contribution in [0.5, 0.6) is 0 Å². The molecule has 57 heavy (non-hydrogen) atoms. The lowest BCUT2D eigenvalue weighted by Gasteiger charge is -2.21. The maximum atomic E-state index is 10.9. The number of hydrogen-bond donors (Lipinski definition) is 2. The summed E-state index contributed by atoms with van der Waals surface area (Å²) in [5.41, 5.74) is -0.381. The van der Waals surface area contributed by atoms with E-state index in [1.165, 1.54) is 31.6 Å². The molecular formula is C36H73N12O7PS. The summed E-state index contributed by atoms with van der Waals surface area (Å²) in [5, 5.41) is 35.8. The number of H-pyrrole nitrogens is 1. The van der Waals surface area contributed by atoms with Crippen molar-refractivity contribution in [1.29, 1.82) is 0 Å². The molecule has 3 aromatic rings. The van der Waals surface area contributed by atoms with Crippen LogP contribution < -0.4 is 0 Å². The van der Waals surface area contributed by atoms with Crippen LogP contribution in [-0.4, -0.2) is 115 Å². The molecule has 21 heteroatoms. The second-order valence-corrected chi connectivity index (χ2v) is 24.7. The van der Waals surface area contributed by atoms with Crippen LogP contribution in [0.15, 0.2) is 0 Å². The zero-order valence-electron chi connectivity index (χ0n) is 38.7. The lowest BCUT2D eigenvalue weighted by atomic mass is 9.92. The molecule has 0 amide bonds. The Labute approximate surface area is 341 Å². The van der Waals surface area contributed by atoms with Crippen molar-refractivity contribution >= 4 is 34.6 Å². The van der Waals surface area contributed by atoms with Gasteiger partial charge in [0.1, 0.15) is 18.9 Å². The van der Waals surface area contributed by atoms with Crippen molar-refractivity contribution in [3.05, 3.63) is 17.5 Å². The number of hydrogen-bond acceptors (Lipinski definition) is 15. The fourth-order valence-corrected chi connectivity index (χ4v) is 2.28. The number of nitrogens with one attached hydrogen (secondary N) is 1. The topological polar surface area (TPSA) is 264 Å². The van der Waals surface area contributed by atoms with Gasteiger partial charge in [-0.3, -0.25) is 18.9 Å². The number of aromatic amines is 1. The molecule has 2 N–H and O–H groups in total. The summed E-state index contributed by atoms with van der Waals surface area (Å²) in [4.78, 5) is 42.3. The van der Waals surface area contributed by atoms with E-state index >= 15 is 0 Å². The van der Waals surface area contributed by atoms with Gasteiger partial charge in [-0.15, -0.1) is 25.5 Å². The molecule has 330 valence electrons. The van der Waals surface area contributed by atoms with Gasteiger partial charge in [-0.1, -0.05) is 102 Å². The van der Waals surface area contributed by atoms with Gasteiger partial charge in [0, 0.05) is 40.2 Å². The molecule has 1 atom stereocenters. The first-order valence-corrected chi connectivity index (χ1v) is 22.3. The number of carbonyl (C=O) groups is 3. The largest absolute Gasteiger partial charge is 0.344 e. The van der Waals surface area contributed by atoms with Crippen molar-refractivity contribution in [2.45, 2.75) is 178 Å². The summed E-state index contributed by atoms with van der Waals surface area (Å²) < 4.78 is 33.1. The monoisotopic (exact) mass is 849 g/mol. The van der Waals surface area contributed by atoms with Gasteiger partial charge in [0.05, 0.1) is 4.75 Å². The van der Waals surface area contributed by atoms with Gasteiger partial charge in [0.25, 0.3) is 0 Å². The smallest absolute Gasteiger partial charge is 0.202 e. The number of Topliss-reactive ketones (excluding diaryl/α,β-unsaturated/α-hetero) is 3. The average molecular weight is 849 g/mol. The molecule has 0 spiro atoms. The van der Waals surface area contributed by atoms with E-state index in [1.54, 1.807) is 53.1 Å². The lowest BCUT2D eigenvalue weighted by Crippen LogP contribution is -2.26. The van der Waals surface area contributed by atoms with Crippen LogP contribution in [0.25, 0.3) is 0 Å². The molecule has 0 fully saturated rings. The molecule has 3 rings (SSSR count). The first-order chi connectivity index (χ1) is 25.1. The predicted molar refractivity (Wildman–Crippen MR) is 223 cm³/mol. The second kappa shape index (κ2) is 23.1. The number of nitrogens with zero attached hydrogens (tertiary/aromatic N) is 11. The molecule has 3 heterocycles. The van der Waals surface area contributed by atoms with E-state index in [0.717, 1.165) is 11.6 Å². The van der Waals surface area contributed by atoms with Crippen LogP contribution in [0.1, 0.15) is 162 Å². The van der Waals surface area contributed by atoms with E-state index in [2.05, 4.69) is 51.6 Å². The Bertz CT molecular complexity index is 1800. The van der Waals surface area contributed by atoms with Gasteiger partial charge in [-0.05, 0) is 57.2 Å². The number of ketones is 3. The zero-order valence-corrected chi connectivity index (χ0v) is 40.4. The van der Waals surface area contributed by atoms with Crippen molar-refractivity contribution < 1.29 is 32.3 Å². The zero-order chi connectivity index (χ0) is 46.2. The number of rotatable bonds is 5. The van der Waals surface area contributed by atoms with Crippen LogP contribution in [0.3, 0.4) is 0 Å². The minimum atomic E-state index is -2.85. The molecule has 3 aromatic heterocycles. The van der Waals surface area contributed by atoms with Crippen LogP contribution in [0.2, 0.25) is 0 Å². The molecule has 19 nitrogen and oxygen atoms in total. The molecule has 0 saturated carbocycles. The number of sulfone groups is 1. The van der Waals surface area contributed by atoms with Crippen molar-refractivity contribution in [2.24, 2.45) is 5.41 Å². The number of carbonyl (C=O) groups excluding carboxylic acids is 3. The molecule has 0 bridgehead atoms. The van der Waals surface area contributed by atoms with E-state index in [1.807, 2.05) is 76.2 Å². The highest BCUT2D eigenvalue weighted by atomic mass is 32.2. The summed E-state index contributed by atoms with van der Waals surface area (Å²) >= 11 is 0. The fraction of sp³-hybridized carbons (Fsp3) is 0.833. The van der Waals surface area contributed by atoms with E-state index in [9.17, 15) is 27.4 Å². The minimum Gasteiger partial charge on any atom is -0.344 e. The van der Waals surface area contributed by atoms with Crippen molar-refractivity contribution in [3.63, 3.8) is 0 Å². The number of aromatic nitrogens is 12. The third-order valence-electron chi connectivity index (χ3n) is 7.35. The maximum absolute atomic E-state index is 10.9. The predicted octanol–water partition coefficient (Wildman–Crippen LogP) is 5.58. The van der Waals surface area contributed by atoms with E-state index in [-0.39, 0.29) is 46.7 Å². The van der Waals surface area contributed by atoms with E-state index in [0.29, 0.717) is 11.7 Å². The highest BCUT2D eigenvalue weighted by Crippen LogP contribution is 2.49. The lowest BCUT2D eigenvalue weighted by molar-refractivity contribution is -0.124. The Morgan fingerprint density at radius 3 is 1.42 bits per heavy atom. The van der Waals surface area contributed by atoms with E-state index < -0.39 is 27.1 Å². The molecule has 0 saturated heterocycles. The molecule has 0 aliphatic carbocycles. The quantitative estimate of drug-likeness (QED) is 0.297. The Hall–Kier alpha value is -3.64. The summed E-state index contributed by atoms with van der Waals surface area (Å²) in [6.45, 7) is 38.6. The van der Waals surface area contributed by atoms with Crippen LogP contribution in [-0.2, 0) is 52.7 Å². The highest BCUT2D eigenvalue weighted by Gasteiger charge is 2.28. The van der Waals surface area contributed by atoms with Crippen molar-refractivity contribution in [3.8, 4) is 0 Å². The van der Waals surface area contributed by atoms with E-state index in [4.69, 9.17) is 4.89 Å². The molecule has 0 aliphatic heterocycles. The second-order valence-electron chi connectivity index (χ2n) is 18.9. The standard InChI is InChI=1S/2C8H14N4O.C6H12O.C5H13O2P.C5H12O2S.C4H8N4/c1-6(13)5-12-7(8(2,3)4)9-10-11-12;1-6(13)5-12-10-7(9-11-12)8(2,3)4;1-5(7)6(2,3)4;2*1-5(2,3)8(4,6)7;1-3(2)4-5-7-8-6-4/h2*5H2,1-4H3;1-4H3;1-4H3,(H,6,7);1-4H3;3H,1-2H3,(H,5,6,7,8). The van der Waals surface area contributed by atoms with Gasteiger partial charge in [-0.25, -0.2) is 13.1 Å². The first-order valence-electron chi connectivity index (χ1n) is 18.3. The Morgan fingerprint density at radius 2 is 1.19 bits per heavy atom. The van der Waals surface area contributed by atoms with Gasteiger partial charge in [0.2, 0.25) is 7.37 Å². The maximum Gasteiger partial charge on any atom is 0.202 e. The molecular weight excluding hydrogens is 776 g/mol. The van der Waals surface area contributed by atoms with Gasteiger partial charge in [-0.2, -0.15) is 10.0 Å². The van der Waals surface area contributed by atoms with Crippen LogP contribution in [0, 0.1) is 5.41 Å². The third-order valence-corrected chi connectivity index (χ3v) is 12.1. The SMILES string of the molecule is CC(=O)C(C)(C)C.CC(=O)Cn1nnc(C(C)(C)C)n1.CC(=O)Cn1nnnc1C(C)(C)C.CC(C)(C)P(C)(=O)O.CC(C)(C)S(C)(=O)=O.CC(C)c1nn[nH]n1. The molecule has 0 aromatic carbocycles. The van der Waals surface area contributed by atoms with Crippen molar-refractivity contribution in [2.75, 3.05) is 12.9 Å². The van der Waals surface area contributed by atoms with Crippen LogP contribution >= 0.6 is 7.37 Å². The highest BCUT2D eigenvalue weighted by molar-refractivity contribution is 7.92. The Morgan fingerprint density at radius 1 is 0.772 bits per heavy atom. The Kier molecular flexibility index (Phi) is 23.4. The van der Waals surface area contributed by atoms with Gasteiger partial charge >= 0.3 is 0 Å². The van der Waals surface area contributed by atoms with Crippen molar-refractivity contribution in [1.82, 2.24) is 61.0 Å². The van der Waals surface area contributed by atoms with Gasteiger partial charge < -0.3 is 4.89 Å². The number of tetrazole rings is 3. The molecule has 1 unspecified atom stereocenters. The van der Waals surface area contributed by atoms with Crippen LogP contribution in [0.4, 0.5) is 0 Å². The average Bonchev–Trinajstić information content (AvgIpc) is 3.74. The summed E-state index contributed by atoms with van der Waals surface area (Å²) in [6.07, 6.45) is 1.24. The Balaban J connectivity index is -0.000000626. The molecule has 0 radical (unpaired) electrons. The first kappa shape index (κ1) is 57.7. The van der Waals surface area contributed by atoms with Gasteiger partial charge in [0.15, 0.2) is 38.9 Å². The summed E-state index contributed by atoms with van der Waals surface area (Å²) in [6, 6.07) is 0. The molecule has 0 aliphatic rings. The normalized spacial score (nSPS) is 13.0. The fourth-order valence-electron chi connectivity index (χ4n) is 2.28. The summed E-state index contributed by atoms with van der Waals surface area (Å²) in [5.74, 6) is 2.86. The minimum absolute atomic E-state index is 0.0258. The third kappa shape index (κ3) is 26.8. The summed E-state index contributed by atoms with van der Waals surface area (Å²) in [7, 11) is -5.69.